The molecule has 2 amide bonds. The molecular weight excluding hydrogens is 360 g/mol. The number of carbonyl (C=O) groups excluding carboxylic acids is 1. The van der Waals surface area contributed by atoms with Crippen molar-refractivity contribution in [3.05, 3.63) is 58.6 Å². The lowest BCUT2D eigenvalue weighted by molar-refractivity contribution is 0.223. The van der Waals surface area contributed by atoms with Crippen LogP contribution in [-0.2, 0) is 6.54 Å². The zero-order valence-corrected chi connectivity index (χ0v) is 14.4. The number of nitrogens with one attached hydrogen (secondary N) is 2. The average molecular weight is 379 g/mol. The monoisotopic (exact) mass is 378 g/mol. The van der Waals surface area contributed by atoms with Gasteiger partial charge in [-0.3, -0.25) is 0 Å². The van der Waals surface area contributed by atoms with Crippen molar-refractivity contribution in [1.82, 2.24) is 10.6 Å². The zero-order valence-electron chi connectivity index (χ0n) is 12.8. The number of carbonyl (C=O) groups is 1. The topological polar surface area (TPSA) is 59.6 Å². The molecule has 0 fully saturated rings. The lowest BCUT2D eigenvalue weighted by atomic mass is 10.2. The summed E-state index contributed by atoms with van der Waals surface area (Å²) in [7, 11) is 0. The van der Waals surface area contributed by atoms with Crippen molar-refractivity contribution in [3.63, 3.8) is 0 Å². The smallest absolute Gasteiger partial charge is 0.317 e. The highest BCUT2D eigenvalue weighted by Crippen LogP contribution is 2.17. The highest BCUT2D eigenvalue weighted by Gasteiger charge is 2.01. The SMILES string of the molecule is CCOc1ccc(OCNC(=O)NCc2cccc(Br)c2)cc1. The average Bonchev–Trinajstić information content (AvgIpc) is 2.55. The Labute approximate surface area is 144 Å². The molecule has 0 atom stereocenters. The van der Waals surface area contributed by atoms with Crippen LogP contribution in [0.4, 0.5) is 4.79 Å². The van der Waals surface area contributed by atoms with Crippen LogP contribution in [0.3, 0.4) is 0 Å². The van der Waals surface area contributed by atoms with Gasteiger partial charge in [0.2, 0.25) is 0 Å². The highest BCUT2D eigenvalue weighted by molar-refractivity contribution is 9.10. The summed E-state index contributed by atoms with van der Waals surface area (Å²) in [6, 6.07) is 14.7. The van der Waals surface area contributed by atoms with Gasteiger partial charge in [0.15, 0.2) is 6.73 Å². The van der Waals surface area contributed by atoms with Crippen LogP contribution in [0, 0.1) is 0 Å². The fraction of sp³-hybridized carbons (Fsp3) is 0.235. The van der Waals surface area contributed by atoms with E-state index < -0.39 is 0 Å². The molecule has 2 rings (SSSR count). The maximum atomic E-state index is 11.7. The number of hydrogen-bond acceptors (Lipinski definition) is 3. The van der Waals surface area contributed by atoms with Gasteiger partial charge in [0.1, 0.15) is 11.5 Å². The van der Waals surface area contributed by atoms with E-state index in [0.717, 1.165) is 15.8 Å². The van der Waals surface area contributed by atoms with Crippen molar-refractivity contribution < 1.29 is 14.3 Å². The maximum absolute atomic E-state index is 11.7. The molecule has 0 saturated carbocycles. The standard InChI is InChI=1S/C17H19BrN2O3/c1-2-22-15-6-8-16(9-7-15)23-12-20-17(21)19-11-13-4-3-5-14(18)10-13/h3-10H,2,11-12H2,1H3,(H2,19,20,21). The van der Waals surface area contributed by atoms with Gasteiger partial charge in [0, 0.05) is 11.0 Å². The van der Waals surface area contributed by atoms with Crippen LogP contribution < -0.4 is 20.1 Å². The number of ether oxygens (including phenoxy) is 2. The van der Waals surface area contributed by atoms with Crippen LogP contribution in [0.25, 0.3) is 0 Å². The number of amides is 2. The molecule has 0 aromatic heterocycles. The van der Waals surface area contributed by atoms with E-state index in [4.69, 9.17) is 9.47 Å². The second-order valence-electron chi connectivity index (χ2n) is 4.68. The van der Waals surface area contributed by atoms with Gasteiger partial charge in [-0.2, -0.15) is 0 Å². The highest BCUT2D eigenvalue weighted by atomic mass is 79.9. The van der Waals surface area contributed by atoms with Crippen LogP contribution in [0.2, 0.25) is 0 Å². The first-order valence-electron chi connectivity index (χ1n) is 7.29. The van der Waals surface area contributed by atoms with Gasteiger partial charge in [0.05, 0.1) is 6.61 Å². The van der Waals surface area contributed by atoms with Gasteiger partial charge >= 0.3 is 6.03 Å². The van der Waals surface area contributed by atoms with Crippen LogP contribution in [0.1, 0.15) is 12.5 Å². The molecule has 5 nitrogen and oxygen atoms in total. The first kappa shape index (κ1) is 17.1. The molecule has 0 aliphatic carbocycles. The summed E-state index contributed by atoms with van der Waals surface area (Å²) < 4.78 is 11.8. The summed E-state index contributed by atoms with van der Waals surface area (Å²) in [5.74, 6) is 1.46. The normalized spacial score (nSPS) is 10.0. The van der Waals surface area contributed by atoms with Gasteiger partial charge in [-0.15, -0.1) is 0 Å². The van der Waals surface area contributed by atoms with Crippen LogP contribution in [0.5, 0.6) is 11.5 Å². The summed E-state index contributed by atoms with van der Waals surface area (Å²) in [6.07, 6.45) is 0. The number of hydrogen-bond donors (Lipinski definition) is 2. The second kappa shape index (κ2) is 9.05. The fourth-order valence-electron chi connectivity index (χ4n) is 1.88. The van der Waals surface area contributed by atoms with Crippen molar-refractivity contribution >= 4 is 22.0 Å². The molecule has 0 heterocycles. The van der Waals surface area contributed by atoms with Gasteiger partial charge < -0.3 is 20.1 Å². The molecule has 0 aliphatic rings. The summed E-state index contributed by atoms with van der Waals surface area (Å²) in [4.78, 5) is 11.7. The maximum Gasteiger partial charge on any atom is 0.317 e. The van der Waals surface area contributed by atoms with Crippen molar-refractivity contribution in [2.45, 2.75) is 13.5 Å². The van der Waals surface area contributed by atoms with Crippen molar-refractivity contribution in [2.24, 2.45) is 0 Å². The Bertz CT molecular complexity index is 632. The molecular formula is C17H19BrN2O3. The predicted octanol–water partition coefficient (Wildman–Crippen LogP) is 3.68. The van der Waals surface area contributed by atoms with E-state index in [1.807, 2.05) is 43.3 Å². The molecule has 0 aliphatic heterocycles. The second-order valence-corrected chi connectivity index (χ2v) is 5.60. The number of rotatable bonds is 7. The van der Waals surface area contributed by atoms with E-state index in [1.165, 1.54) is 0 Å². The Hall–Kier alpha value is -2.21. The summed E-state index contributed by atoms with van der Waals surface area (Å²) in [5, 5.41) is 5.41. The Morgan fingerprint density at radius 1 is 1.04 bits per heavy atom. The van der Waals surface area contributed by atoms with Gasteiger partial charge in [0.25, 0.3) is 0 Å². The fourth-order valence-corrected chi connectivity index (χ4v) is 2.32. The number of halogens is 1. The molecule has 0 unspecified atom stereocenters. The molecule has 2 N–H and O–H groups in total. The van der Waals surface area contributed by atoms with Crippen molar-refractivity contribution in [3.8, 4) is 11.5 Å². The summed E-state index contributed by atoms with van der Waals surface area (Å²) in [5.41, 5.74) is 1.02. The molecule has 0 radical (unpaired) electrons. The largest absolute Gasteiger partial charge is 0.494 e. The van der Waals surface area contributed by atoms with Crippen molar-refractivity contribution in [2.75, 3.05) is 13.3 Å². The molecule has 2 aromatic carbocycles. The Morgan fingerprint density at radius 2 is 1.74 bits per heavy atom. The first-order chi connectivity index (χ1) is 11.2. The van der Waals surface area contributed by atoms with Crippen molar-refractivity contribution in [1.29, 1.82) is 0 Å². The van der Waals surface area contributed by atoms with E-state index >= 15 is 0 Å². The molecule has 0 bridgehead atoms. The minimum atomic E-state index is -0.282. The molecule has 2 aromatic rings. The third-order valence-corrected chi connectivity index (χ3v) is 3.44. The Morgan fingerprint density at radius 3 is 2.39 bits per heavy atom. The molecule has 122 valence electrons. The van der Waals surface area contributed by atoms with Crippen LogP contribution in [0.15, 0.2) is 53.0 Å². The van der Waals surface area contributed by atoms with E-state index in [2.05, 4.69) is 26.6 Å². The van der Waals surface area contributed by atoms with Crippen LogP contribution in [-0.4, -0.2) is 19.4 Å². The molecule has 0 saturated heterocycles. The van der Waals surface area contributed by atoms with Crippen LogP contribution >= 0.6 is 15.9 Å². The number of urea groups is 1. The third-order valence-electron chi connectivity index (χ3n) is 2.95. The minimum absolute atomic E-state index is 0.0955. The quantitative estimate of drug-likeness (QED) is 0.722. The number of benzene rings is 2. The molecule has 0 spiro atoms. The third kappa shape index (κ3) is 6.20. The van der Waals surface area contributed by atoms with E-state index in [0.29, 0.717) is 18.9 Å². The Balaban J connectivity index is 1.68. The lowest BCUT2D eigenvalue weighted by Gasteiger charge is -2.10. The lowest BCUT2D eigenvalue weighted by Crippen LogP contribution is -2.37. The Kier molecular flexibility index (Phi) is 6.75. The summed E-state index contributed by atoms with van der Waals surface area (Å²) >= 11 is 3.39. The first-order valence-corrected chi connectivity index (χ1v) is 8.08. The van der Waals surface area contributed by atoms with E-state index in [1.54, 1.807) is 12.1 Å². The summed E-state index contributed by atoms with van der Waals surface area (Å²) in [6.45, 7) is 3.10. The van der Waals surface area contributed by atoms with Gasteiger partial charge in [-0.1, -0.05) is 28.1 Å². The van der Waals surface area contributed by atoms with Gasteiger partial charge in [-0.25, -0.2) is 4.79 Å². The molecule has 23 heavy (non-hydrogen) atoms. The predicted molar refractivity (Wildman–Crippen MR) is 92.6 cm³/mol. The molecule has 6 heteroatoms. The van der Waals surface area contributed by atoms with E-state index in [9.17, 15) is 4.79 Å². The zero-order chi connectivity index (χ0) is 16.5. The van der Waals surface area contributed by atoms with Gasteiger partial charge in [-0.05, 0) is 48.9 Å². The minimum Gasteiger partial charge on any atom is -0.494 e. The van der Waals surface area contributed by atoms with E-state index in [-0.39, 0.29) is 12.8 Å².